The number of hydrogen-bond acceptors (Lipinski definition) is 4. The fourth-order valence-electron chi connectivity index (χ4n) is 1.66. The van der Waals surface area contributed by atoms with Gasteiger partial charge in [0, 0.05) is 0 Å². The first-order chi connectivity index (χ1) is 10.2. The topological polar surface area (TPSA) is 63.8 Å². The number of hydrogen-bond donors (Lipinski definition) is 1. The Morgan fingerprint density at radius 2 is 2.19 bits per heavy atom. The van der Waals surface area contributed by atoms with Crippen LogP contribution in [0.3, 0.4) is 0 Å². The second-order valence-corrected chi connectivity index (χ2v) is 4.21. The molecule has 0 bridgehead atoms. The van der Waals surface area contributed by atoms with Gasteiger partial charge in [0.15, 0.2) is 0 Å². The van der Waals surface area contributed by atoms with Crippen molar-refractivity contribution in [2.75, 3.05) is 6.61 Å². The lowest BCUT2D eigenvalue weighted by molar-refractivity contribution is 0.0951. The fraction of sp³-hybridized carbons (Fsp3) is 0.125. The summed E-state index contributed by atoms with van der Waals surface area (Å²) in [5, 5.41) is 4.01. The summed E-state index contributed by atoms with van der Waals surface area (Å²) in [7, 11) is 0. The Hall–Kier alpha value is -2.82. The molecule has 2 aromatic rings. The van der Waals surface area contributed by atoms with E-state index >= 15 is 0 Å². The Labute approximate surface area is 122 Å². The zero-order valence-electron chi connectivity index (χ0n) is 11.7. The normalized spacial score (nSPS) is 11.0. The van der Waals surface area contributed by atoms with E-state index in [0.29, 0.717) is 29.4 Å². The molecule has 0 saturated heterocycles. The van der Waals surface area contributed by atoms with Crippen LogP contribution in [-0.4, -0.2) is 18.2 Å². The number of benzene rings is 1. The largest absolute Gasteiger partial charge is 0.489 e. The van der Waals surface area contributed by atoms with Crippen LogP contribution >= 0.6 is 0 Å². The molecule has 0 radical (unpaired) electrons. The van der Waals surface area contributed by atoms with Gasteiger partial charge in [-0.25, -0.2) is 5.43 Å². The van der Waals surface area contributed by atoms with Gasteiger partial charge in [0.2, 0.25) is 0 Å². The van der Waals surface area contributed by atoms with Crippen molar-refractivity contribution >= 4 is 11.6 Å². The number of furan rings is 1. The Morgan fingerprint density at radius 1 is 1.38 bits per heavy atom. The molecule has 0 fully saturated rings. The van der Waals surface area contributed by atoms with Crippen molar-refractivity contribution in [3.63, 3.8) is 0 Å². The Bertz CT molecular complexity index is 645. The number of nitrogens with zero attached hydrogens (tertiary/aromatic N) is 1. The lowest BCUT2D eigenvalue weighted by atomic mass is 10.2. The summed E-state index contributed by atoms with van der Waals surface area (Å²) in [6, 6.07) is 10.5. The molecule has 1 aromatic heterocycles. The zero-order chi connectivity index (χ0) is 15.1. The van der Waals surface area contributed by atoms with Crippen LogP contribution in [0.15, 0.2) is 64.8 Å². The predicted molar refractivity (Wildman–Crippen MR) is 80.5 cm³/mol. The van der Waals surface area contributed by atoms with Gasteiger partial charge in [0.25, 0.3) is 5.91 Å². The molecular formula is C16H16N2O3. The molecule has 0 saturated carbocycles. The molecule has 5 nitrogen and oxygen atoms in total. The second kappa shape index (κ2) is 7.09. The molecule has 21 heavy (non-hydrogen) atoms. The number of carbonyl (C=O) groups is 1. The van der Waals surface area contributed by atoms with Crippen molar-refractivity contribution in [2.45, 2.75) is 6.92 Å². The molecule has 1 amide bonds. The minimum Gasteiger partial charge on any atom is -0.489 e. The van der Waals surface area contributed by atoms with Crippen LogP contribution in [0.4, 0.5) is 0 Å². The maximum Gasteiger partial charge on any atom is 0.275 e. The first-order valence-electron chi connectivity index (χ1n) is 6.43. The van der Waals surface area contributed by atoms with Crippen LogP contribution in [0.1, 0.15) is 23.0 Å². The minimum absolute atomic E-state index is 0.332. The number of rotatable bonds is 6. The lowest BCUT2D eigenvalue weighted by Gasteiger charge is -2.08. The van der Waals surface area contributed by atoms with Crippen LogP contribution in [0, 0.1) is 0 Å². The van der Waals surface area contributed by atoms with Crippen LogP contribution in [0.25, 0.3) is 0 Å². The molecule has 0 aliphatic carbocycles. The van der Waals surface area contributed by atoms with E-state index in [4.69, 9.17) is 9.15 Å². The number of hydrazone groups is 1. The van der Waals surface area contributed by atoms with E-state index in [-0.39, 0.29) is 5.91 Å². The summed E-state index contributed by atoms with van der Waals surface area (Å²) in [5.41, 5.74) is 3.48. The standard InChI is InChI=1S/C16H16N2O3/c1-3-10-20-15-8-5-4-7-13(15)16(19)18-17-12(2)14-9-6-11-21-14/h3-9,11H,1,10H2,2H3,(H,18,19)/b17-12+. The van der Waals surface area contributed by atoms with Gasteiger partial charge < -0.3 is 9.15 Å². The lowest BCUT2D eigenvalue weighted by Crippen LogP contribution is -2.20. The Kier molecular flexibility index (Phi) is 4.93. The average molecular weight is 284 g/mol. The summed E-state index contributed by atoms with van der Waals surface area (Å²) in [4.78, 5) is 12.1. The zero-order valence-corrected chi connectivity index (χ0v) is 11.7. The monoisotopic (exact) mass is 284 g/mol. The van der Waals surface area contributed by atoms with E-state index in [0.717, 1.165) is 0 Å². The van der Waals surface area contributed by atoms with E-state index < -0.39 is 0 Å². The van der Waals surface area contributed by atoms with Crippen LogP contribution < -0.4 is 10.2 Å². The highest BCUT2D eigenvalue weighted by Gasteiger charge is 2.11. The molecule has 0 aliphatic heterocycles. The molecule has 5 heteroatoms. The number of amides is 1. The van der Waals surface area contributed by atoms with Crippen molar-refractivity contribution < 1.29 is 13.9 Å². The van der Waals surface area contributed by atoms with E-state index in [1.807, 2.05) is 0 Å². The van der Waals surface area contributed by atoms with Gasteiger partial charge >= 0.3 is 0 Å². The summed E-state index contributed by atoms with van der Waals surface area (Å²) in [6.45, 7) is 5.66. The number of para-hydroxylation sites is 1. The summed E-state index contributed by atoms with van der Waals surface area (Å²) in [5.74, 6) is 0.743. The minimum atomic E-state index is -0.347. The average Bonchev–Trinajstić information content (AvgIpc) is 3.05. The molecule has 1 N–H and O–H groups in total. The Morgan fingerprint density at radius 3 is 2.90 bits per heavy atom. The number of nitrogens with one attached hydrogen (secondary N) is 1. The maximum absolute atomic E-state index is 12.1. The van der Waals surface area contributed by atoms with E-state index in [9.17, 15) is 4.79 Å². The summed E-state index contributed by atoms with van der Waals surface area (Å²) in [6.07, 6.45) is 3.17. The molecule has 108 valence electrons. The number of ether oxygens (including phenoxy) is 1. The van der Waals surface area contributed by atoms with Crippen molar-refractivity contribution in [3.8, 4) is 5.75 Å². The van der Waals surface area contributed by atoms with Gasteiger partial charge in [-0.05, 0) is 31.2 Å². The third-order valence-electron chi connectivity index (χ3n) is 2.69. The molecule has 0 aliphatic rings. The smallest absolute Gasteiger partial charge is 0.275 e. The SMILES string of the molecule is C=CCOc1ccccc1C(=O)N/N=C(\C)c1ccco1. The molecule has 1 heterocycles. The summed E-state index contributed by atoms with van der Waals surface area (Å²) >= 11 is 0. The molecule has 1 aromatic carbocycles. The fourth-order valence-corrected chi connectivity index (χ4v) is 1.66. The van der Waals surface area contributed by atoms with Crippen LogP contribution in [0.5, 0.6) is 5.75 Å². The second-order valence-electron chi connectivity index (χ2n) is 4.21. The van der Waals surface area contributed by atoms with Crippen molar-refractivity contribution in [3.05, 3.63) is 66.6 Å². The third-order valence-corrected chi connectivity index (χ3v) is 2.69. The van der Waals surface area contributed by atoms with Gasteiger partial charge in [-0.2, -0.15) is 5.10 Å². The van der Waals surface area contributed by atoms with Gasteiger partial charge in [-0.3, -0.25) is 4.79 Å². The first-order valence-corrected chi connectivity index (χ1v) is 6.43. The maximum atomic E-state index is 12.1. The molecular weight excluding hydrogens is 268 g/mol. The predicted octanol–water partition coefficient (Wildman–Crippen LogP) is 3.00. The van der Waals surface area contributed by atoms with Crippen molar-refractivity contribution in [1.29, 1.82) is 0 Å². The highest BCUT2D eigenvalue weighted by atomic mass is 16.5. The quantitative estimate of drug-likeness (QED) is 0.504. The van der Waals surface area contributed by atoms with Crippen LogP contribution in [-0.2, 0) is 0 Å². The van der Waals surface area contributed by atoms with Crippen LogP contribution in [0.2, 0.25) is 0 Å². The van der Waals surface area contributed by atoms with Crippen molar-refractivity contribution in [1.82, 2.24) is 5.43 Å². The summed E-state index contributed by atoms with van der Waals surface area (Å²) < 4.78 is 10.6. The molecule has 0 atom stereocenters. The van der Waals surface area contributed by atoms with Gasteiger partial charge in [-0.1, -0.05) is 24.8 Å². The first kappa shape index (κ1) is 14.6. The Balaban J connectivity index is 2.10. The van der Waals surface area contributed by atoms with E-state index in [2.05, 4.69) is 17.1 Å². The van der Waals surface area contributed by atoms with Crippen molar-refractivity contribution in [2.24, 2.45) is 5.10 Å². The molecule has 2 rings (SSSR count). The highest BCUT2D eigenvalue weighted by molar-refractivity contribution is 6.00. The van der Waals surface area contributed by atoms with Gasteiger partial charge in [0.05, 0.1) is 11.8 Å². The van der Waals surface area contributed by atoms with Gasteiger partial charge in [0.1, 0.15) is 23.8 Å². The highest BCUT2D eigenvalue weighted by Crippen LogP contribution is 2.17. The van der Waals surface area contributed by atoms with E-state index in [1.54, 1.807) is 55.7 Å². The van der Waals surface area contributed by atoms with E-state index in [1.165, 1.54) is 0 Å². The van der Waals surface area contributed by atoms with Gasteiger partial charge in [-0.15, -0.1) is 0 Å². The molecule has 0 spiro atoms. The number of carbonyl (C=O) groups excluding carboxylic acids is 1. The molecule has 0 unspecified atom stereocenters. The third kappa shape index (κ3) is 3.82.